The first-order chi connectivity index (χ1) is 11.6. The van der Waals surface area contributed by atoms with Crippen LogP contribution in [0.15, 0.2) is 65.1 Å². The van der Waals surface area contributed by atoms with Gasteiger partial charge in [-0.1, -0.05) is 87.6 Å². The molecule has 0 fully saturated rings. The van der Waals surface area contributed by atoms with Crippen LogP contribution in [0.3, 0.4) is 0 Å². The van der Waals surface area contributed by atoms with E-state index in [1.165, 1.54) is 0 Å². The van der Waals surface area contributed by atoms with E-state index in [0.717, 1.165) is 21.5 Å². The molecule has 0 N–H and O–H groups in total. The Kier molecular flexibility index (Phi) is 6.81. The quantitative estimate of drug-likeness (QED) is 0.386. The zero-order valence-corrected chi connectivity index (χ0v) is 16.7. The van der Waals surface area contributed by atoms with E-state index >= 15 is 0 Å². The Balaban J connectivity index is 0.00000121. The van der Waals surface area contributed by atoms with Gasteiger partial charge in [-0.25, -0.2) is 0 Å². The van der Waals surface area contributed by atoms with E-state index in [1.807, 2.05) is 48.5 Å². The predicted molar refractivity (Wildman–Crippen MR) is 98.5 cm³/mol. The first-order valence-corrected chi connectivity index (χ1v) is 8.52. The largest absolute Gasteiger partial charge is 1.00 e. The molecule has 0 saturated heterocycles. The molecular formula is C20H10BrClLi2O2. The second-order valence-corrected chi connectivity index (χ2v) is 6.83. The van der Waals surface area contributed by atoms with E-state index in [4.69, 9.17) is 11.6 Å². The van der Waals surface area contributed by atoms with Crippen LogP contribution in [0.1, 0.15) is 0 Å². The summed E-state index contributed by atoms with van der Waals surface area (Å²) in [5, 5.41) is 29.0. The third kappa shape index (κ3) is 3.41. The molecule has 0 aliphatic rings. The van der Waals surface area contributed by atoms with Crippen molar-refractivity contribution in [3.05, 3.63) is 70.2 Å². The number of fused-ring (bicyclic) bond motifs is 2. The van der Waals surface area contributed by atoms with Gasteiger partial charge in [-0.2, -0.15) is 0 Å². The molecule has 0 unspecified atom stereocenters. The second kappa shape index (κ2) is 8.32. The van der Waals surface area contributed by atoms with Crippen molar-refractivity contribution in [2.75, 3.05) is 0 Å². The van der Waals surface area contributed by atoms with Gasteiger partial charge in [-0.15, -0.1) is 0 Å². The fraction of sp³-hybridized carbons (Fsp3) is 0. The van der Waals surface area contributed by atoms with Crippen LogP contribution in [0.5, 0.6) is 11.5 Å². The SMILES string of the molecule is [Li+].[Li+].[O-]c1c(Cl)cc2ccccc2c1-c1c([O-])c(Br)cc2ccccc12. The molecule has 0 aromatic heterocycles. The minimum atomic E-state index is -0.323. The molecule has 0 radical (unpaired) electrons. The average molecular weight is 412 g/mol. The summed E-state index contributed by atoms with van der Waals surface area (Å²) >= 11 is 9.48. The fourth-order valence-electron chi connectivity index (χ4n) is 3.09. The Morgan fingerprint density at radius 3 is 1.73 bits per heavy atom. The van der Waals surface area contributed by atoms with Gasteiger partial charge in [-0.05, 0) is 44.8 Å². The minimum absolute atomic E-state index is 0. The van der Waals surface area contributed by atoms with Crippen LogP contribution in [0.25, 0.3) is 32.7 Å². The van der Waals surface area contributed by atoms with Crippen molar-refractivity contribution in [2.24, 2.45) is 0 Å². The van der Waals surface area contributed by atoms with E-state index < -0.39 is 0 Å². The summed E-state index contributed by atoms with van der Waals surface area (Å²) in [6.07, 6.45) is 0. The maximum atomic E-state index is 12.9. The molecule has 4 aromatic carbocycles. The Bertz CT molecular complexity index is 1030. The Morgan fingerprint density at radius 2 is 1.15 bits per heavy atom. The number of rotatable bonds is 1. The van der Waals surface area contributed by atoms with Crippen LogP contribution in [0.4, 0.5) is 0 Å². The monoisotopic (exact) mass is 410 g/mol. The zero-order chi connectivity index (χ0) is 16.8. The van der Waals surface area contributed by atoms with Crippen molar-refractivity contribution in [3.63, 3.8) is 0 Å². The summed E-state index contributed by atoms with van der Waals surface area (Å²) in [5.74, 6) is -0.533. The van der Waals surface area contributed by atoms with Crippen molar-refractivity contribution in [3.8, 4) is 22.6 Å². The van der Waals surface area contributed by atoms with E-state index in [1.54, 1.807) is 12.1 Å². The van der Waals surface area contributed by atoms with E-state index in [2.05, 4.69) is 15.9 Å². The van der Waals surface area contributed by atoms with Crippen LogP contribution in [0.2, 0.25) is 5.02 Å². The molecule has 26 heavy (non-hydrogen) atoms. The number of benzene rings is 4. The van der Waals surface area contributed by atoms with Gasteiger partial charge in [0, 0.05) is 9.50 Å². The first kappa shape index (κ1) is 21.3. The summed E-state index contributed by atoms with van der Waals surface area (Å²) in [7, 11) is 0. The summed E-state index contributed by atoms with van der Waals surface area (Å²) in [5.41, 5.74) is 0.754. The molecule has 0 spiro atoms. The van der Waals surface area contributed by atoms with Crippen LogP contribution >= 0.6 is 27.5 Å². The fourth-order valence-corrected chi connectivity index (χ4v) is 3.74. The molecule has 0 aliphatic heterocycles. The smallest absolute Gasteiger partial charge is 0.871 e. The molecule has 6 heteroatoms. The topological polar surface area (TPSA) is 46.1 Å². The van der Waals surface area contributed by atoms with Crippen LogP contribution in [-0.2, 0) is 0 Å². The summed E-state index contributed by atoms with van der Waals surface area (Å²) in [4.78, 5) is 0. The standard InChI is InChI=1S/C20H12BrClO2.2Li/c21-15-9-11-5-1-3-7-13(11)17(19(15)23)18-14-8-4-2-6-12(14)10-16(22)20(18)24;;/h1-10,23-24H;;/q;2*+1/p-2. The van der Waals surface area contributed by atoms with E-state index in [0.29, 0.717) is 15.6 Å². The number of hydrogen-bond donors (Lipinski definition) is 0. The molecule has 4 rings (SSSR count). The van der Waals surface area contributed by atoms with E-state index in [9.17, 15) is 10.2 Å². The second-order valence-electron chi connectivity index (χ2n) is 5.57. The molecule has 0 heterocycles. The maximum Gasteiger partial charge on any atom is 1.00 e. The Labute approximate surface area is 188 Å². The van der Waals surface area contributed by atoms with Crippen LogP contribution < -0.4 is 47.9 Å². The molecule has 0 saturated carbocycles. The summed E-state index contributed by atoms with van der Waals surface area (Å²) in [6, 6.07) is 18.4. The van der Waals surface area contributed by atoms with Gasteiger partial charge in [0.2, 0.25) is 0 Å². The predicted octanol–water partition coefficient (Wildman–Crippen LogP) is -0.769. The van der Waals surface area contributed by atoms with Gasteiger partial charge >= 0.3 is 37.7 Å². The Hall–Kier alpha value is -1.04. The van der Waals surface area contributed by atoms with Crippen molar-refractivity contribution < 1.29 is 47.9 Å². The number of halogens is 2. The van der Waals surface area contributed by atoms with E-state index in [-0.39, 0.29) is 54.2 Å². The third-order valence-electron chi connectivity index (χ3n) is 4.16. The third-order valence-corrected chi connectivity index (χ3v) is 5.03. The summed E-state index contributed by atoms with van der Waals surface area (Å²) in [6.45, 7) is 0. The van der Waals surface area contributed by atoms with Crippen molar-refractivity contribution in [1.29, 1.82) is 0 Å². The molecule has 0 amide bonds. The van der Waals surface area contributed by atoms with Crippen molar-refractivity contribution in [2.45, 2.75) is 0 Å². The first-order valence-electron chi connectivity index (χ1n) is 7.35. The molecule has 0 aliphatic carbocycles. The molecule has 2 nitrogen and oxygen atoms in total. The van der Waals surface area contributed by atoms with Gasteiger partial charge in [0.1, 0.15) is 0 Å². The molecule has 118 valence electrons. The molecule has 0 atom stereocenters. The normalized spacial score (nSPS) is 10.4. The van der Waals surface area contributed by atoms with Crippen LogP contribution in [0, 0.1) is 0 Å². The zero-order valence-electron chi connectivity index (χ0n) is 14.3. The van der Waals surface area contributed by atoms with Gasteiger partial charge in [0.05, 0.1) is 0 Å². The average Bonchev–Trinajstić information content (AvgIpc) is 2.58. The van der Waals surface area contributed by atoms with Gasteiger partial charge < -0.3 is 10.2 Å². The van der Waals surface area contributed by atoms with Crippen LogP contribution in [-0.4, -0.2) is 0 Å². The van der Waals surface area contributed by atoms with Gasteiger partial charge in [-0.3, -0.25) is 0 Å². The number of hydrogen-bond acceptors (Lipinski definition) is 2. The summed E-state index contributed by atoms with van der Waals surface area (Å²) < 4.78 is 0.430. The Morgan fingerprint density at radius 1 is 0.692 bits per heavy atom. The van der Waals surface area contributed by atoms with Gasteiger partial charge in [0.15, 0.2) is 0 Å². The maximum absolute atomic E-state index is 12.9. The van der Waals surface area contributed by atoms with Crippen molar-refractivity contribution >= 4 is 49.1 Å². The molecule has 0 bridgehead atoms. The minimum Gasteiger partial charge on any atom is -0.871 e. The van der Waals surface area contributed by atoms with Crippen molar-refractivity contribution in [1.82, 2.24) is 0 Å². The molecule has 4 aromatic rings. The molecular weight excluding hydrogens is 401 g/mol. The van der Waals surface area contributed by atoms with Gasteiger partial charge in [0.25, 0.3) is 0 Å².